The molecule has 1 N–H and O–H groups in total. The number of hydrogen-bond donors (Lipinski definition) is 1. The highest BCUT2D eigenvalue weighted by Crippen LogP contribution is 2.36. The second-order valence-corrected chi connectivity index (χ2v) is 10.9. The standard InChI is InChI=1S/C32H44N2O3/c1-3-26-17-20-37-31-22-25(13-16-29(26)31)21-28(23-34-18-7-8-19-34)33-32(36)10-6-4-5-9-30(35)27-14-11-24(2)12-15-27/h11-16,22,26,28H,3-10,17-21,23H2,1-2H3,(H,33,36)/t26?,28-/m0/s1. The lowest BCUT2D eigenvalue weighted by molar-refractivity contribution is -0.122. The van der Waals surface area contributed by atoms with E-state index >= 15 is 0 Å². The van der Waals surface area contributed by atoms with Gasteiger partial charge in [-0.1, -0.05) is 55.3 Å². The van der Waals surface area contributed by atoms with Gasteiger partial charge in [0.05, 0.1) is 6.61 Å². The molecule has 0 saturated carbocycles. The summed E-state index contributed by atoms with van der Waals surface area (Å²) in [7, 11) is 0. The summed E-state index contributed by atoms with van der Waals surface area (Å²) < 4.78 is 6.00. The molecule has 1 unspecified atom stereocenters. The van der Waals surface area contributed by atoms with Crippen LogP contribution in [0.4, 0.5) is 0 Å². The first-order chi connectivity index (χ1) is 18.0. The Morgan fingerprint density at radius 3 is 2.54 bits per heavy atom. The molecule has 1 amide bonds. The number of carbonyl (C=O) groups excluding carboxylic acids is 2. The molecule has 5 heteroatoms. The van der Waals surface area contributed by atoms with E-state index < -0.39 is 0 Å². The van der Waals surface area contributed by atoms with Gasteiger partial charge < -0.3 is 15.0 Å². The third-order valence-electron chi connectivity index (χ3n) is 7.94. The fourth-order valence-electron chi connectivity index (χ4n) is 5.71. The summed E-state index contributed by atoms with van der Waals surface area (Å²) in [5.74, 6) is 1.93. The predicted molar refractivity (Wildman–Crippen MR) is 149 cm³/mol. The quantitative estimate of drug-likeness (QED) is 0.260. The minimum atomic E-state index is 0.0947. The maximum atomic E-state index is 12.9. The number of rotatable bonds is 13. The number of aryl methyl sites for hydroxylation is 1. The molecule has 37 heavy (non-hydrogen) atoms. The lowest BCUT2D eigenvalue weighted by atomic mass is 9.89. The van der Waals surface area contributed by atoms with Crippen LogP contribution in [0.1, 0.15) is 97.7 Å². The van der Waals surface area contributed by atoms with Crippen molar-refractivity contribution in [2.75, 3.05) is 26.2 Å². The Bertz CT molecular complexity index is 1030. The van der Waals surface area contributed by atoms with Crippen molar-refractivity contribution >= 4 is 11.7 Å². The molecule has 0 aliphatic carbocycles. The van der Waals surface area contributed by atoms with Crippen LogP contribution in [-0.4, -0.2) is 48.9 Å². The summed E-state index contributed by atoms with van der Waals surface area (Å²) in [6, 6.07) is 14.5. The lowest BCUT2D eigenvalue weighted by Crippen LogP contribution is -2.44. The van der Waals surface area contributed by atoms with Gasteiger partial charge in [0.15, 0.2) is 5.78 Å². The minimum Gasteiger partial charge on any atom is -0.493 e. The highest BCUT2D eigenvalue weighted by atomic mass is 16.5. The van der Waals surface area contributed by atoms with Crippen LogP contribution in [-0.2, 0) is 11.2 Å². The van der Waals surface area contributed by atoms with Crippen molar-refractivity contribution in [2.45, 2.75) is 90.0 Å². The van der Waals surface area contributed by atoms with E-state index in [9.17, 15) is 9.59 Å². The Labute approximate surface area is 223 Å². The zero-order valence-electron chi connectivity index (χ0n) is 22.8. The van der Waals surface area contributed by atoms with Crippen LogP contribution in [0.5, 0.6) is 5.75 Å². The summed E-state index contributed by atoms with van der Waals surface area (Å²) >= 11 is 0. The van der Waals surface area contributed by atoms with Crippen molar-refractivity contribution in [2.24, 2.45) is 0 Å². The molecule has 4 rings (SSSR count). The van der Waals surface area contributed by atoms with Crippen molar-refractivity contribution in [3.8, 4) is 5.75 Å². The van der Waals surface area contributed by atoms with Gasteiger partial charge >= 0.3 is 0 Å². The number of ketones is 1. The molecule has 0 spiro atoms. The van der Waals surface area contributed by atoms with Crippen LogP contribution in [0.15, 0.2) is 42.5 Å². The number of amides is 1. The van der Waals surface area contributed by atoms with Gasteiger partial charge in [-0.05, 0) is 88.1 Å². The summed E-state index contributed by atoms with van der Waals surface area (Å²) in [5.41, 5.74) is 4.51. The van der Waals surface area contributed by atoms with Crippen molar-refractivity contribution in [1.29, 1.82) is 0 Å². The number of hydrogen-bond acceptors (Lipinski definition) is 4. The molecule has 0 radical (unpaired) electrons. The van der Waals surface area contributed by atoms with Crippen molar-refractivity contribution in [3.63, 3.8) is 0 Å². The van der Waals surface area contributed by atoms with E-state index in [4.69, 9.17) is 4.74 Å². The molecule has 2 aliphatic heterocycles. The normalized spacial score (nSPS) is 18.2. The van der Waals surface area contributed by atoms with Gasteiger partial charge in [-0.15, -0.1) is 0 Å². The summed E-state index contributed by atoms with van der Waals surface area (Å²) in [4.78, 5) is 27.7. The number of fused-ring (bicyclic) bond motifs is 1. The number of nitrogens with zero attached hydrogens (tertiary/aromatic N) is 1. The van der Waals surface area contributed by atoms with Crippen molar-refractivity contribution in [1.82, 2.24) is 10.2 Å². The Balaban J connectivity index is 1.25. The molecule has 2 heterocycles. The Morgan fingerprint density at radius 2 is 1.78 bits per heavy atom. The Kier molecular flexibility index (Phi) is 10.2. The number of unbranched alkanes of at least 4 members (excludes halogenated alkanes) is 2. The first-order valence-electron chi connectivity index (χ1n) is 14.4. The van der Waals surface area contributed by atoms with Crippen LogP contribution >= 0.6 is 0 Å². The van der Waals surface area contributed by atoms with Gasteiger partial charge in [0.2, 0.25) is 5.91 Å². The van der Waals surface area contributed by atoms with E-state index in [0.29, 0.717) is 18.8 Å². The molecule has 2 aromatic rings. The highest BCUT2D eigenvalue weighted by molar-refractivity contribution is 5.96. The summed E-state index contributed by atoms with van der Waals surface area (Å²) in [6.07, 6.45) is 9.13. The largest absolute Gasteiger partial charge is 0.493 e. The number of benzene rings is 2. The summed E-state index contributed by atoms with van der Waals surface area (Å²) in [6.45, 7) is 8.20. The number of carbonyl (C=O) groups is 2. The van der Waals surface area contributed by atoms with Gasteiger partial charge in [-0.2, -0.15) is 0 Å². The van der Waals surface area contributed by atoms with Crippen LogP contribution in [0, 0.1) is 6.92 Å². The van der Waals surface area contributed by atoms with Crippen molar-refractivity contribution in [3.05, 3.63) is 64.7 Å². The molecule has 0 aromatic heterocycles. The minimum absolute atomic E-state index is 0.0947. The van der Waals surface area contributed by atoms with E-state index in [1.54, 1.807) is 0 Å². The molecule has 200 valence electrons. The second-order valence-electron chi connectivity index (χ2n) is 10.9. The average Bonchev–Trinajstić information content (AvgIpc) is 3.41. The number of ether oxygens (including phenoxy) is 1. The van der Waals surface area contributed by atoms with Crippen LogP contribution in [0.2, 0.25) is 0 Å². The van der Waals surface area contributed by atoms with E-state index in [2.05, 4.69) is 35.3 Å². The maximum absolute atomic E-state index is 12.9. The molecular formula is C32H44N2O3. The zero-order valence-corrected chi connectivity index (χ0v) is 22.8. The maximum Gasteiger partial charge on any atom is 0.220 e. The number of likely N-dealkylation sites (tertiary alicyclic amines) is 1. The van der Waals surface area contributed by atoms with Gasteiger partial charge in [0.25, 0.3) is 0 Å². The van der Waals surface area contributed by atoms with Gasteiger partial charge in [-0.25, -0.2) is 0 Å². The van der Waals surface area contributed by atoms with Crippen molar-refractivity contribution < 1.29 is 14.3 Å². The molecule has 2 aromatic carbocycles. The van der Waals surface area contributed by atoms with E-state index in [1.807, 2.05) is 31.2 Å². The third-order valence-corrected chi connectivity index (χ3v) is 7.94. The second kappa shape index (κ2) is 13.8. The Morgan fingerprint density at radius 1 is 1.03 bits per heavy atom. The van der Waals surface area contributed by atoms with Gasteiger partial charge in [-0.3, -0.25) is 9.59 Å². The third kappa shape index (κ3) is 8.16. The van der Waals surface area contributed by atoms with Crippen LogP contribution in [0.3, 0.4) is 0 Å². The first-order valence-corrected chi connectivity index (χ1v) is 14.4. The molecule has 1 saturated heterocycles. The number of Topliss-reactive ketones (excluding diaryl/α,β-unsaturated/α-hetero) is 1. The molecule has 5 nitrogen and oxygen atoms in total. The molecular weight excluding hydrogens is 460 g/mol. The zero-order chi connectivity index (χ0) is 26.0. The number of nitrogens with one attached hydrogen (secondary N) is 1. The molecule has 2 aliphatic rings. The molecule has 1 fully saturated rings. The first kappa shape index (κ1) is 27.4. The average molecular weight is 505 g/mol. The van der Waals surface area contributed by atoms with Crippen LogP contribution in [0.25, 0.3) is 0 Å². The fourth-order valence-corrected chi connectivity index (χ4v) is 5.71. The van der Waals surface area contributed by atoms with E-state index in [-0.39, 0.29) is 17.7 Å². The fraction of sp³-hybridized carbons (Fsp3) is 0.562. The van der Waals surface area contributed by atoms with Gasteiger partial charge in [0, 0.05) is 31.0 Å². The topological polar surface area (TPSA) is 58.6 Å². The molecule has 0 bridgehead atoms. The SMILES string of the molecule is CCC1CCOc2cc(C[C@@H](CN3CCCC3)NC(=O)CCCCCC(=O)c3ccc(C)cc3)ccc21. The summed E-state index contributed by atoms with van der Waals surface area (Å²) in [5, 5.41) is 3.33. The predicted octanol–water partition coefficient (Wildman–Crippen LogP) is 6.23. The van der Waals surface area contributed by atoms with E-state index in [1.165, 1.54) is 24.0 Å². The van der Waals surface area contributed by atoms with E-state index in [0.717, 1.165) is 81.6 Å². The smallest absolute Gasteiger partial charge is 0.220 e. The Hall–Kier alpha value is -2.66. The van der Waals surface area contributed by atoms with Gasteiger partial charge in [0.1, 0.15) is 5.75 Å². The highest BCUT2D eigenvalue weighted by Gasteiger charge is 2.23. The lowest BCUT2D eigenvalue weighted by Gasteiger charge is -2.27. The van der Waals surface area contributed by atoms with Crippen LogP contribution < -0.4 is 10.1 Å². The monoisotopic (exact) mass is 504 g/mol. The molecule has 2 atom stereocenters.